The van der Waals surface area contributed by atoms with Gasteiger partial charge in [-0.2, -0.15) is 5.10 Å². The van der Waals surface area contributed by atoms with E-state index >= 15 is 0 Å². The van der Waals surface area contributed by atoms with Crippen molar-refractivity contribution in [3.8, 4) is 11.4 Å². The number of piperidine rings is 1. The predicted molar refractivity (Wildman–Crippen MR) is 163 cm³/mol. The van der Waals surface area contributed by atoms with Crippen LogP contribution in [0.15, 0.2) is 75.9 Å². The molecular formula is C32H28N10O3. The number of piperazine rings is 1. The summed E-state index contributed by atoms with van der Waals surface area (Å²) in [4.78, 5) is 31.6. The van der Waals surface area contributed by atoms with E-state index < -0.39 is 0 Å². The van der Waals surface area contributed by atoms with Crippen molar-refractivity contribution in [1.82, 2.24) is 40.2 Å². The largest absolute Gasteiger partial charge is 0.459 e. The number of benzene rings is 1. The van der Waals surface area contributed by atoms with Crippen molar-refractivity contribution in [2.24, 2.45) is 0 Å². The molecule has 2 atom stereocenters. The Balaban J connectivity index is 0.882. The molecule has 13 heteroatoms. The minimum Gasteiger partial charge on any atom is -0.459 e. The Morgan fingerprint density at radius 1 is 1.02 bits per heavy atom. The molecule has 1 aliphatic carbocycles. The maximum absolute atomic E-state index is 13.3. The van der Waals surface area contributed by atoms with Crippen LogP contribution in [0.2, 0.25) is 0 Å². The van der Waals surface area contributed by atoms with Gasteiger partial charge in [0.05, 0.1) is 24.8 Å². The maximum atomic E-state index is 13.3. The molecule has 3 saturated heterocycles. The lowest BCUT2D eigenvalue weighted by Crippen LogP contribution is -2.70. The molecule has 1 saturated carbocycles. The molecule has 45 heavy (non-hydrogen) atoms. The molecule has 1 aromatic carbocycles. The molecule has 13 nitrogen and oxygen atoms in total. The average molecular weight is 601 g/mol. The maximum Gasteiger partial charge on any atom is 0.312 e. The van der Waals surface area contributed by atoms with Crippen LogP contribution in [-0.2, 0) is 6.42 Å². The van der Waals surface area contributed by atoms with Crippen LogP contribution < -0.4 is 10.2 Å². The van der Waals surface area contributed by atoms with Crippen LogP contribution in [0, 0.1) is 0 Å². The second-order valence-corrected chi connectivity index (χ2v) is 11.9. The fourth-order valence-corrected chi connectivity index (χ4v) is 6.33. The third-order valence-corrected chi connectivity index (χ3v) is 8.77. The van der Waals surface area contributed by atoms with Gasteiger partial charge in [-0.05, 0) is 37.0 Å². The molecule has 6 aromatic rings. The summed E-state index contributed by atoms with van der Waals surface area (Å²) in [5, 5.41) is 19.0. The monoisotopic (exact) mass is 600 g/mol. The van der Waals surface area contributed by atoms with Crippen molar-refractivity contribution < 1.29 is 13.6 Å². The lowest BCUT2D eigenvalue weighted by atomic mass is 9.87. The molecule has 4 fully saturated rings. The van der Waals surface area contributed by atoms with Crippen molar-refractivity contribution >= 4 is 34.5 Å². The SMILES string of the molecule is O=C(c1nnc(Cc2ccccc2)o1)N1C2CC1CN(c1ccc(-c3nc(Nc4cc(C5CC5)[nH]n4)c4occc4n3)cn1)C2. The zero-order valence-corrected chi connectivity index (χ0v) is 24.1. The number of aromatic amines is 1. The van der Waals surface area contributed by atoms with E-state index in [-0.39, 0.29) is 23.9 Å². The van der Waals surface area contributed by atoms with Crippen LogP contribution in [0.4, 0.5) is 17.5 Å². The van der Waals surface area contributed by atoms with E-state index in [0.29, 0.717) is 59.9 Å². The summed E-state index contributed by atoms with van der Waals surface area (Å²) < 4.78 is 11.4. The fraction of sp³-hybridized carbons (Fsp3) is 0.281. The molecule has 2 bridgehead atoms. The third-order valence-electron chi connectivity index (χ3n) is 8.77. The highest BCUT2D eigenvalue weighted by Gasteiger charge is 2.49. The summed E-state index contributed by atoms with van der Waals surface area (Å²) in [6.07, 6.45) is 7.21. The quantitative estimate of drug-likeness (QED) is 0.250. The minimum absolute atomic E-state index is 0.0469. The summed E-state index contributed by atoms with van der Waals surface area (Å²) >= 11 is 0. The summed E-state index contributed by atoms with van der Waals surface area (Å²) in [6, 6.07) is 17.8. The lowest BCUT2D eigenvalue weighted by Gasteiger charge is -2.56. The Labute approximate surface area is 256 Å². The number of aromatic nitrogens is 7. The first-order chi connectivity index (χ1) is 22.1. The average Bonchev–Trinajstić information content (AvgIpc) is 3.39. The molecule has 3 aliphatic heterocycles. The number of carbonyl (C=O) groups excluding carboxylic acids is 1. The molecule has 2 unspecified atom stereocenters. The number of furan rings is 1. The van der Waals surface area contributed by atoms with Gasteiger partial charge in [0.1, 0.15) is 11.3 Å². The normalized spacial score (nSPS) is 19.1. The fourth-order valence-electron chi connectivity index (χ4n) is 6.33. The van der Waals surface area contributed by atoms with E-state index in [9.17, 15) is 4.79 Å². The molecule has 10 rings (SSSR count). The number of nitrogens with zero attached hydrogens (tertiary/aromatic N) is 8. The van der Waals surface area contributed by atoms with Gasteiger partial charge >= 0.3 is 11.8 Å². The number of rotatable bonds is 8. The Morgan fingerprint density at radius 3 is 2.69 bits per heavy atom. The highest BCUT2D eigenvalue weighted by Crippen LogP contribution is 2.40. The molecule has 1 amide bonds. The van der Waals surface area contributed by atoms with Crippen molar-refractivity contribution in [1.29, 1.82) is 0 Å². The number of fused-ring (bicyclic) bond motifs is 3. The van der Waals surface area contributed by atoms with Crippen LogP contribution in [0.25, 0.3) is 22.5 Å². The Kier molecular flexibility index (Phi) is 5.89. The summed E-state index contributed by atoms with van der Waals surface area (Å²) in [5.74, 6) is 3.46. The van der Waals surface area contributed by atoms with E-state index in [4.69, 9.17) is 23.8 Å². The molecule has 224 valence electrons. The second kappa shape index (κ2) is 10.3. The van der Waals surface area contributed by atoms with E-state index in [1.807, 2.05) is 59.5 Å². The van der Waals surface area contributed by atoms with Gasteiger partial charge in [-0.3, -0.25) is 9.89 Å². The van der Waals surface area contributed by atoms with Gasteiger partial charge in [0.25, 0.3) is 0 Å². The van der Waals surface area contributed by atoms with Crippen LogP contribution in [0.5, 0.6) is 0 Å². The summed E-state index contributed by atoms with van der Waals surface area (Å²) in [5.41, 5.74) is 4.23. The first-order valence-corrected chi connectivity index (χ1v) is 15.1. The molecular weight excluding hydrogens is 572 g/mol. The van der Waals surface area contributed by atoms with E-state index in [2.05, 4.69) is 30.6 Å². The van der Waals surface area contributed by atoms with Crippen molar-refractivity contribution in [2.45, 2.75) is 43.7 Å². The van der Waals surface area contributed by atoms with Crippen LogP contribution in [0.1, 0.15) is 53.0 Å². The second-order valence-electron chi connectivity index (χ2n) is 11.9. The Hall–Kier alpha value is -5.59. The van der Waals surface area contributed by atoms with Gasteiger partial charge in [0.2, 0.25) is 5.89 Å². The molecule has 5 aromatic heterocycles. The Morgan fingerprint density at radius 2 is 1.89 bits per heavy atom. The predicted octanol–water partition coefficient (Wildman–Crippen LogP) is 4.71. The molecule has 2 N–H and O–H groups in total. The van der Waals surface area contributed by atoms with Crippen molar-refractivity contribution in [2.75, 3.05) is 23.3 Å². The number of pyridine rings is 1. The smallest absolute Gasteiger partial charge is 0.312 e. The molecule has 4 aliphatic rings. The number of hydrogen-bond donors (Lipinski definition) is 2. The summed E-state index contributed by atoms with van der Waals surface area (Å²) in [6.45, 7) is 1.36. The first-order valence-electron chi connectivity index (χ1n) is 15.1. The zero-order chi connectivity index (χ0) is 29.9. The number of hydrogen-bond acceptors (Lipinski definition) is 11. The number of amides is 1. The highest BCUT2D eigenvalue weighted by atomic mass is 16.4. The van der Waals surface area contributed by atoms with Crippen LogP contribution in [0.3, 0.4) is 0 Å². The highest BCUT2D eigenvalue weighted by molar-refractivity contribution is 5.91. The van der Waals surface area contributed by atoms with Crippen molar-refractivity contribution in [3.63, 3.8) is 0 Å². The van der Waals surface area contributed by atoms with Crippen LogP contribution in [-0.4, -0.2) is 71.3 Å². The topological polar surface area (TPSA) is 155 Å². The summed E-state index contributed by atoms with van der Waals surface area (Å²) in [7, 11) is 0. The van der Waals surface area contributed by atoms with Gasteiger partial charge in [-0.15, -0.1) is 10.2 Å². The molecule has 0 radical (unpaired) electrons. The number of carbonyl (C=O) groups is 1. The van der Waals surface area contributed by atoms with Gasteiger partial charge in [0.15, 0.2) is 23.0 Å². The number of anilines is 3. The number of nitrogens with one attached hydrogen (secondary N) is 2. The zero-order valence-electron chi connectivity index (χ0n) is 24.1. The third kappa shape index (κ3) is 4.76. The first kappa shape index (κ1) is 25.9. The molecule has 8 heterocycles. The van der Waals surface area contributed by atoms with E-state index in [1.165, 1.54) is 12.8 Å². The van der Waals surface area contributed by atoms with E-state index in [0.717, 1.165) is 29.1 Å². The van der Waals surface area contributed by atoms with Crippen molar-refractivity contribution in [3.05, 3.63) is 90.1 Å². The molecule has 0 spiro atoms. The van der Waals surface area contributed by atoms with Gasteiger partial charge in [-0.1, -0.05) is 30.3 Å². The van der Waals surface area contributed by atoms with Crippen LogP contribution >= 0.6 is 0 Å². The van der Waals surface area contributed by atoms with Gasteiger partial charge in [-0.25, -0.2) is 15.0 Å². The Bertz CT molecular complexity index is 2000. The van der Waals surface area contributed by atoms with Gasteiger partial charge in [0, 0.05) is 48.6 Å². The minimum atomic E-state index is -0.208. The standard InChI is InChI=1S/C32H28N10O3/c43-32(31-40-39-27(45-31)12-18-4-2-1-3-5-18)42-21-13-22(42)17-41(16-21)26-9-8-20(15-33-26)29-34-23-10-11-44-28(23)30(36-29)35-25-14-24(37-38-25)19-6-7-19/h1-5,8-11,14-15,19,21-22H,6-7,12-13,16-17H2,(H2,34,35,36,37,38). The van der Waals surface area contributed by atoms with Gasteiger partial charge < -0.3 is 24.0 Å². The van der Waals surface area contributed by atoms with E-state index in [1.54, 1.807) is 12.5 Å². The lowest BCUT2D eigenvalue weighted by molar-refractivity contribution is 0.00234. The number of H-pyrrole nitrogens is 1.